The van der Waals surface area contributed by atoms with E-state index in [1.807, 2.05) is 6.07 Å². The molecule has 2 N–H and O–H groups in total. The Morgan fingerprint density at radius 3 is 2.36 bits per heavy atom. The SMILES string of the molecule is O=C(NC1CCNCC1)c1cc(C(F)(F)F)ccc1-c1ccccc1. The van der Waals surface area contributed by atoms with E-state index in [2.05, 4.69) is 10.6 Å². The number of halogens is 3. The van der Waals surface area contributed by atoms with Crippen molar-refractivity contribution in [1.29, 1.82) is 0 Å². The van der Waals surface area contributed by atoms with Crippen molar-refractivity contribution in [2.24, 2.45) is 0 Å². The first-order chi connectivity index (χ1) is 11.9. The molecule has 0 spiro atoms. The Bertz CT molecular complexity index is 738. The first-order valence-electron chi connectivity index (χ1n) is 8.23. The number of carbonyl (C=O) groups excluding carboxylic acids is 1. The molecule has 0 aromatic heterocycles. The number of benzene rings is 2. The lowest BCUT2D eigenvalue weighted by Crippen LogP contribution is -2.42. The van der Waals surface area contributed by atoms with Gasteiger partial charge in [0.25, 0.3) is 5.91 Å². The standard InChI is InChI=1S/C19H19F3N2O/c20-19(21,22)14-6-7-16(13-4-2-1-3-5-13)17(12-14)18(25)24-15-8-10-23-11-9-15/h1-7,12,15,23H,8-11H2,(H,24,25). The quantitative estimate of drug-likeness (QED) is 0.885. The van der Waals surface area contributed by atoms with Crippen molar-refractivity contribution in [3.05, 3.63) is 59.7 Å². The second kappa shape index (κ2) is 7.27. The van der Waals surface area contributed by atoms with E-state index in [4.69, 9.17) is 0 Å². The number of hydrogen-bond acceptors (Lipinski definition) is 2. The summed E-state index contributed by atoms with van der Waals surface area (Å²) in [5.74, 6) is -0.461. The second-order valence-electron chi connectivity index (χ2n) is 6.12. The van der Waals surface area contributed by atoms with Gasteiger partial charge in [0.15, 0.2) is 0 Å². The van der Waals surface area contributed by atoms with Crippen LogP contribution in [0.2, 0.25) is 0 Å². The third kappa shape index (κ3) is 4.20. The maximum Gasteiger partial charge on any atom is 0.416 e. The van der Waals surface area contributed by atoms with Gasteiger partial charge in [0.05, 0.1) is 5.56 Å². The molecule has 0 radical (unpaired) electrons. The van der Waals surface area contributed by atoms with Crippen molar-refractivity contribution in [3.63, 3.8) is 0 Å². The monoisotopic (exact) mass is 348 g/mol. The van der Waals surface area contributed by atoms with E-state index in [0.717, 1.165) is 38.1 Å². The van der Waals surface area contributed by atoms with Gasteiger partial charge in [-0.15, -0.1) is 0 Å². The Morgan fingerprint density at radius 1 is 1.04 bits per heavy atom. The summed E-state index contributed by atoms with van der Waals surface area (Å²) in [6.07, 6.45) is -2.95. The van der Waals surface area contributed by atoms with Gasteiger partial charge in [0, 0.05) is 11.6 Å². The molecule has 1 saturated heterocycles. The van der Waals surface area contributed by atoms with Crippen molar-refractivity contribution >= 4 is 5.91 Å². The topological polar surface area (TPSA) is 41.1 Å². The van der Waals surface area contributed by atoms with E-state index >= 15 is 0 Å². The van der Waals surface area contributed by atoms with Gasteiger partial charge in [0.2, 0.25) is 0 Å². The molecule has 0 aliphatic carbocycles. The highest BCUT2D eigenvalue weighted by molar-refractivity contribution is 6.01. The maximum absolute atomic E-state index is 13.1. The van der Waals surface area contributed by atoms with Crippen LogP contribution < -0.4 is 10.6 Å². The molecule has 2 aromatic rings. The zero-order valence-electron chi connectivity index (χ0n) is 13.6. The number of amides is 1. The van der Waals surface area contributed by atoms with Crippen molar-refractivity contribution in [2.75, 3.05) is 13.1 Å². The van der Waals surface area contributed by atoms with E-state index in [1.165, 1.54) is 6.07 Å². The summed E-state index contributed by atoms with van der Waals surface area (Å²) >= 11 is 0. The first kappa shape index (κ1) is 17.5. The van der Waals surface area contributed by atoms with Crippen molar-refractivity contribution in [1.82, 2.24) is 10.6 Å². The van der Waals surface area contributed by atoms with Crippen molar-refractivity contribution in [3.8, 4) is 11.1 Å². The number of alkyl halides is 3. The largest absolute Gasteiger partial charge is 0.416 e. The Kier molecular flexibility index (Phi) is 5.08. The number of piperidine rings is 1. The summed E-state index contributed by atoms with van der Waals surface area (Å²) in [6.45, 7) is 1.58. The fourth-order valence-electron chi connectivity index (χ4n) is 3.01. The molecule has 0 saturated carbocycles. The normalized spacial score (nSPS) is 15.8. The zero-order valence-corrected chi connectivity index (χ0v) is 13.6. The van der Waals surface area contributed by atoms with Gasteiger partial charge < -0.3 is 10.6 Å². The molecule has 3 rings (SSSR count). The molecule has 132 valence electrons. The predicted molar refractivity (Wildman–Crippen MR) is 90.2 cm³/mol. The molecule has 1 fully saturated rings. The van der Waals surface area contributed by atoms with E-state index in [-0.39, 0.29) is 11.6 Å². The molecule has 25 heavy (non-hydrogen) atoms. The highest BCUT2D eigenvalue weighted by Gasteiger charge is 2.32. The lowest BCUT2D eigenvalue weighted by Gasteiger charge is -2.24. The summed E-state index contributed by atoms with van der Waals surface area (Å²) < 4.78 is 39.3. The average Bonchev–Trinajstić information content (AvgIpc) is 2.62. The summed E-state index contributed by atoms with van der Waals surface area (Å²) in [7, 11) is 0. The molecule has 0 unspecified atom stereocenters. The number of rotatable bonds is 3. The van der Waals surface area contributed by atoms with Crippen LogP contribution in [0.5, 0.6) is 0 Å². The molecular weight excluding hydrogens is 329 g/mol. The molecule has 0 atom stereocenters. The molecule has 1 amide bonds. The van der Waals surface area contributed by atoms with Crippen molar-refractivity contribution in [2.45, 2.75) is 25.1 Å². The van der Waals surface area contributed by atoms with Crippen molar-refractivity contribution < 1.29 is 18.0 Å². The van der Waals surface area contributed by atoms with Gasteiger partial charge in [-0.25, -0.2) is 0 Å². The molecule has 6 heteroatoms. The summed E-state index contributed by atoms with van der Waals surface area (Å²) in [6, 6.07) is 12.3. The Balaban J connectivity index is 1.96. The van der Waals surface area contributed by atoms with Gasteiger partial charge in [-0.2, -0.15) is 13.2 Å². The molecular formula is C19H19F3N2O. The zero-order chi connectivity index (χ0) is 17.9. The van der Waals surface area contributed by atoms with Gasteiger partial charge >= 0.3 is 6.18 Å². The van der Waals surface area contributed by atoms with Crippen LogP contribution in [0.1, 0.15) is 28.8 Å². The number of hydrogen-bond donors (Lipinski definition) is 2. The average molecular weight is 348 g/mol. The molecule has 1 aliphatic rings. The van der Waals surface area contributed by atoms with Crippen LogP contribution in [0.25, 0.3) is 11.1 Å². The van der Waals surface area contributed by atoms with Crippen LogP contribution in [0.4, 0.5) is 13.2 Å². The summed E-state index contributed by atoms with van der Waals surface area (Å²) in [5.41, 5.74) is 0.453. The van der Waals surface area contributed by atoms with Gasteiger partial charge in [-0.05, 0) is 49.2 Å². The molecule has 2 aromatic carbocycles. The van der Waals surface area contributed by atoms with Crippen LogP contribution in [-0.4, -0.2) is 25.0 Å². The third-order valence-electron chi connectivity index (χ3n) is 4.35. The van der Waals surface area contributed by atoms with Crippen LogP contribution in [-0.2, 0) is 6.18 Å². The molecule has 3 nitrogen and oxygen atoms in total. The summed E-state index contributed by atoms with van der Waals surface area (Å²) in [5, 5.41) is 6.07. The predicted octanol–water partition coefficient (Wildman–Crippen LogP) is 3.85. The van der Waals surface area contributed by atoms with E-state index < -0.39 is 17.6 Å². The van der Waals surface area contributed by atoms with E-state index in [1.54, 1.807) is 24.3 Å². The van der Waals surface area contributed by atoms with E-state index in [0.29, 0.717) is 11.1 Å². The van der Waals surface area contributed by atoms with Crippen LogP contribution in [0, 0.1) is 0 Å². The smallest absolute Gasteiger partial charge is 0.349 e. The summed E-state index contributed by atoms with van der Waals surface area (Å²) in [4.78, 5) is 12.7. The molecule has 0 bridgehead atoms. The second-order valence-corrected chi connectivity index (χ2v) is 6.12. The maximum atomic E-state index is 13.1. The Labute approximate surface area is 144 Å². The lowest BCUT2D eigenvalue weighted by atomic mass is 9.96. The van der Waals surface area contributed by atoms with Crippen LogP contribution in [0.3, 0.4) is 0 Å². The van der Waals surface area contributed by atoms with Gasteiger partial charge in [0.1, 0.15) is 0 Å². The Morgan fingerprint density at radius 2 is 1.72 bits per heavy atom. The number of carbonyl (C=O) groups is 1. The van der Waals surface area contributed by atoms with Gasteiger partial charge in [-0.3, -0.25) is 4.79 Å². The number of nitrogens with one attached hydrogen (secondary N) is 2. The van der Waals surface area contributed by atoms with E-state index in [9.17, 15) is 18.0 Å². The van der Waals surface area contributed by atoms with Crippen LogP contribution in [0.15, 0.2) is 48.5 Å². The fraction of sp³-hybridized carbons (Fsp3) is 0.316. The Hall–Kier alpha value is -2.34. The molecule has 1 aliphatic heterocycles. The highest BCUT2D eigenvalue weighted by Crippen LogP contribution is 2.33. The van der Waals surface area contributed by atoms with Crippen LogP contribution >= 0.6 is 0 Å². The minimum Gasteiger partial charge on any atom is -0.349 e. The fourth-order valence-corrected chi connectivity index (χ4v) is 3.01. The highest BCUT2D eigenvalue weighted by atomic mass is 19.4. The minimum absolute atomic E-state index is 0.0214. The lowest BCUT2D eigenvalue weighted by molar-refractivity contribution is -0.137. The van der Waals surface area contributed by atoms with Gasteiger partial charge in [-0.1, -0.05) is 36.4 Å². The minimum atomic E-state index is -4.49. The first-order valence-corrected chi connectivity index (χ1v) is 8.23. The molecule has 1 heterocycles. The third-order valence-corrected chi connectivity index (χ3v) is 4.35.